The second-order valence-corrected chi connectivity index (χ2v) is 9.46. The number of hydrogen-bond acceptors (Lipinski definition) is 3. The molecule has 2 heterocycles. The molecule has 1 aromatic carbocycles. The van der Waals surface area contributed by atoms with Gasteiger partial charge in [0.15, 0.2) is 0 Å². The Morgan fingerprint density at radius 2 is 2.00 bits per heavy atom. The van der Waals surface area contributed by atoms with Crippen LogP contribution in [0.2, 0.25) is 0 Å². The molecule has 1 saturated heterocycles. The number of carbonyl (C=O) groups is 1. The monoisotopic (exact) mass is 413 g/mol. The number of aromatic amines is 1. The van der Waals surface area contributed by atoms with Crippen molar-refractivity contribution in [2.75, 3.05) is 20.1 Å². The number of nitrogens with zero attached hydrogens (tertiary/aromatic N) is 1. The fraction of sp³-hybridized carbons (Fsp3) is 0.640. The van der Waals surface area contributed by atoms with Gasteiger partial charge in [-0.3, -0.25) is 4.79 Å². The molecule has 2 atom stereocenters. The topological polar surface area (TPSA) is 68.4 Å². The van der Waals surface area contributed by atoms with Crippen LogP contribution in [-0.4, -0.2) is 52.7 Å². The van der Waals surface area contributed by atoms with Crippen LogP contribution < -0.4 is 5.32 Å². The first-order chi connectivity index (χ1) is 14.4. The molecule has 0 aliphatic carbocycles. The van der Waals surface area contributed by atoms with Crippen LogP contribution in [0.15, 0.2) is 30.5 Å². The maximum Gasteiger partial charge on any atom is 0.220 e. The second-order valence-electron chi connectivity index (χ2n) is 9.46. The Balaban J connectivity index is 1.51. The van der Waals surface area contributed by atoms with Crippen molar-refractivity contribution in [1.82, 2.24) is 15.2 Å². The highest BCUT2D eigenvalue weighted by molar-refractivity contribution is 5.79. The summed E-state index contributed by atoms with van der Waals surface area (Å²) in [5.41, 5.74) is 1.94. The highest BCUT2D eigenvalue weighted by Crippen LogP contribution is 2.21. The molecule has 0 radical (unpaired) electrons. The summed E-state index contributed by atoms with van der Waals surface area (Å²) in [5, 5.41) is 15.0. The van der Waals surface area contributed by atoms with Crippen LogP contribution in [0.4, 0.5) is 0 Å². The zero-order valence-corrected chi connectivity index (χ0v) is 18.8. The zero-order valence-electron chi connectivity index (χ0n) is 18.8. The summed E-state index contributed by atoms with van der Waals surface area (Å²) < 4.78 is 0. The minimum Gasteiger partial charge on any atom is -0.390 e. The van der Waals surface area contributed by atoms with E-state index in [9.17, 15) is 9.90 Å². The van der Waals surface area contributed by atoms with Gasteiger partial charge in [0.05, 0.1) is 5.60 Å². The number of rotatable bonds is 4. The average Bonchev–Trinajstić information content (AvgIpc) is 3.16. The van der Waals surface area contributed by atoms with Crippen molar-refractivity contribution in [1.29, 1.82) is 0 Å². The van der Waals surface area contributed by atoms with Crippen LogP contribution in [-0.2, 0) is 11.2 Å². The fourth-order valence-corrected chi connectivity index (χ4v) is 4.53. The molecule has 0 saturated carbocycles. The Morgan fingerprint density at radius 3 is 2.87 bits per heavy atom. The third kappa shape index (κ3) is 7.44. The Kier molecular flexibility index (Phi) is 8.34. The Hall–Kier alpha value is -1.85. The molecule has 1 fully saturated rings. The molecule has 5 heteroatoms. The van der Waals surface area contributed by atoms with Gasteiger partial charge < -0.3 is 20.3 Å². The number of aryl methyl sites for hydroxylation is 1. The third-order valence-electron chi connectivity index (χ3n) is 6.48. The van der Waals surface area contributed by atoms with Gasteiger partial charge in [-0.2, -0.15) is 0 Å². The number of benzene rings is 1. The van der Waals surface area contributed by atoms with Gasteiger partial charge in [-0.05, 0) is 108 Å². The number of hydrogen-bond donors (Lipinski definition) is 3. The summed E-state index contributed by atoms with van der Waals surface area (Å²) in [5.74, 6) is 0.160. The first-order valence-electron chi connectivity index (χ1n) is 11.7. The van der Waals surface area contributed by atoms with Crippen LogP contribution in [0.25, 0.3) is 10.9 Å². The van der Waals surface area contributed by atoms with E-state index in [0.717, 1.165) is 70.9 Å². The van der Waals surface area contributed by atoms with Gasteiger partial charge in [0.25, 0.3) is 0 Å². The SMILES string of the molecule is CN1CCC[C@@](C)(O)CCCCC(=O)NC(CCCc2ccc3[nH]ccc3c2)CC1. The van der Waals surface area contributed by atoms with Gasteiger partial charge in [-0.1, -0.05) is 12.5 Å². The normalized spacial score (nSPS) is 25.7. The summed E-state index contributed by atoms with van der Waals surface area (Å²) in [7, 11) is 2.14. The maximum atomic E-state index is 12.5. The Labute approximate surface area is 181 Å². The molecule has 1 aromatic heterocycles. The lowest BCUT2D eigenvalue weighted by Gasteiger charge is -2.27. The van der Waals surface area contributed by atoms with Crippen LogP contribution in [0.1, 0.15) is 70.3 Å². The van der Waals surface area contributed by atoms with E-state index >= 15 is 0 Å². The summed E-state index contributed by atoms with van der Waals surface area (Å²) in [6.45, 7) is 3.90. The number of nitrogens with one attached hydrogen (secondary N) is 2. The average molecular weight is 414 g/mol. The molecule has 2 aromatic rings. The molecule has 166 valence electrons. The van der Waals surface area contributed by atoms with Crippen LogP contribution in [0, 0.1) is 0 Å². The number of aliphatic hydroxyl groups is 1. The predicted octanol–water partition coefficient (Wildman–Crippen LogP) is 4.40. The van der Waals surface area contributed by atoms with Crippen molar-refractivity contribution >= 4 is 16.8 Å². The number of carbonyl (C=O) groups excluding carboxylic acids is 1. The van der Waals surface area contributed by atoms with Gasteiger partial charge in [-0.15, -0.1) is 0 Å². The molecule has 0 bridgehead atoms. The maximum absolute atomic E-state index is 12.5. The van der Waals surface area contributed by atoms with E-state index in [2.05, 4.69) is 46.5 Å². The molecule has 3 rings (SSSR count). The quantitative estimate of drug-likeness (QED) is 0.696. The van der Waals surface area contributed by atoms with Crippen LogP contribution in [0.3, 0.4) is 0 Å². The molecule has 5 nitrogen and oxygen atoms in total. The van der Waals surface area contributed by atoms with Gasteiger partial charge in [0, 0.05) is 24.2 Å². The van der Waals surface area contributed by atoms with Crippen molar-refractivity contribution in [3.8, 4) is 0 Å². The lowest BCUT2D eigenvalue weighted by molar-refractivity contribution is -0.122. The van der Waals surface area contributed by atoms with Crippen molar-refractivity contribution in [3.05, 3.63) is 36.0 Å². The lowest BCUT2D eigenvalue weighted by atomic mass is 9.93. The first kappa shape index (κ1) is 22.8. The van der Waals surface area contributed by atoms with E-state index in [1.807, 2.05) is 13.1 Å². The molecular weight excluding hydrogens is 374 g/mol. The molecule has 1 aliphatic rings. The number of amides is 1. The molecule has 1 unspecified atom stereocenters. The first-order valence-corrected chi connectivity index (χ1v) is 11.7. The minimum absolute atomic E-state index is 0.160. The van der Waals surface area contributed by atoms with Crippen molar-refractivity contribution in [3.63, 3.8) is 0 Å². The summed E-state index contributed by atoms with van der Waals surface area (Å²) in [6.07, 6.45) is 11.0. The van der Waals surface area contributed by atoms with E-state index in [1.165, 1.54) is 16.5 Å². The fourth-order valence-electron chi connectivity index (χ4n) is 4.53. The van der Waals surface area contributed by atoms with E-state index in [-0.39, 0.29) is 11.9 Å². The summed E-state index contributed by atoms with van der Waals surface area (Å²) in [4.78, 5) is 18.0. The van der Waals surface area contributed by atoms with E-state index in [4.69, 9.17) is 0 Å². The highest BCUT2D eigenvalue weighted by atomic mass is 16.3. The summed E-state index contributed by atoms with van der Waals surface area (Å²) in [6, 6.07) is 8.97. The van der Waals surface area contributed by atoms with E-state index in [0.29, 0.717) is 6.42 Å². The second kappa shape index (κ2) is 11.0. The zero-order chi connectivity index (χ0) is 21.4. The van der Waals surface area contributed by atoms with Gasteiger partial charge >= 0.3 is 0 Å². The Morgan fingerprint density at radius 1 is 1.17 bits per heavy atom. The van der Waals surface area contributed by atoms with Crippen molar-refractivity contribution in [2.24, 2.45) is 0 Å². The molecule has 1 amide bonds. The van der Waals surface area contributed by atoms with E-state index in [1.54, 1.807) is 0 Å². The molecule has 1 aliphatic heterocycles. The lowest BCUT2D eigenvalue weighted by Crippen LogP contribution is -2.38. The standard InChI is InChI=1S/C25H39N3O2/c1-25(30)14-4-3-9-24(29)27-22(13-18-28(2)17-6-15-25)8-5-7-20-10-11-23-21(19-20)12-16-26-23/h10-12,16,19,22,26,30H,3-9,13-15,17-18H2,1-2H3,(H,27,29)/t22?,25-/m0/s1. The molecular formula is C25H39N3O2. The Bertz CT molecular complexity index is 799. The van der Waals surface area contributed by atoms with Crippen LogP contribution >= 0.6 is 0 Å². The van der Waals surface area contributed by atoms with Crippen molar-refractivity contribution < 1.29 is 9.90 Å². The number of fused-ring (bicyclic) bond motifs is 1. The summed E-state index contributed by atoms with van der Waals surface area (Å²) >= 11 is 0. The number of H-pyrrole nitrogens is 1. The minimum atomic E-state index is -0.604. The van der Waals surface area contributed by atoms with Gasteiger partial charge in [0.1, 0.15) is 0 Å². The third-order valence-corrected chi connectivity index (χ3v) is 6.48. The van der Waals surface area contributed by atoms with Crippen LogP contribution in [0.5, 0.6) is 0 Å². The predicted molar refractivity (Wildman–Crippen MR) is 124 cm³/mol. The highest BCUT2D eigenvalue weighted by Gasteiger charge is 2.21. The van der Waals surface area contributed by atoms with E-state index < -0.39 is 5.60 Å². The largest absolute Gasteiger partial charge is 0.390 e. The molecule has 30 heavy (non-hydrogen) atoms. The van der Waals surface area contributed by atoms with Gasteiger partial charge in [0.2, 0.25) is 5.91 Å². The number of aromatic nitrogens is 1. The smallest absolute Gasteiger partial charge is 0.220 e. The van der Waals surface area contributed by atoms with Crippen molar-refractivity contribution in [2.45, 2.75) is 82.8 Å². The van der Waals surface area contributed by atoms with Gasteiger partial charge in [-0.25, -0.2) is 0 Å². The molecule has 0 spiro atoms. The molecule has 3 N–H and O–H groups in total.